The molecule has 2 heterocycles. The summed E-state index contributed by atoms with van der Waals surface area (Å²) >= 11 is 0. The highest BCUT2D eigenvalue weighted by atomic mass is 14.9. The molecule has 0 aliphatic heterocycles. The van der Waals surface area contributed by atoms with Gasteiger partial charge in [-0.25, -0.2) is 9.97 Å². The van der Waals surface area contributed by atoms with Gasteiger partial charge >= 0.3 is 0 Å². The number of pyridine rings is 1. The van der Waals surface area contributed by atoms with Crippen LogP contribution in [0.4, 0.5) is 0 Å². The predicted molar refractivity (Wildman–Crippen MR) is 220 cm³/mol. The van der Waals surface area contributed by atoms with Gasteiger partial charge in [-0.15, -0.1) is 0 Å². The molecule has 0 spiro atoms. The van der Waals surface area contributed by atoms with E-state index in [0.29, 0.717) is 5.82 Å². The smallest absolute Gasteiger partial charge is 0.160 e. The van der Waals surface area contributed by atoms with Crippen molar-refractivity contribution in [3.05, 3.63) is 200 Å². The van der Waals surface area contributed by atoms with Crippen molar-refractivity contribution in [1.29, 1.82) is 0 Å². The summed E-state index contributed by atoms with van der Waals surface area (Å²) in [6, 6.07) is 68.3. The summed E-state index contributed by atoms with van der Waals surface area (Å²) in [5.41, 5.74) is 14.8. The van der Waals surface area contributed by atoms with Gasteiger partial charge in [0.25, 0.3) is 0 Å². The third kappa shape index (κ3) is 6.76. The Bertz CT molecular complexity index is 2640. The molecular formula is C50H35N3. The van der Waals surface area contributed by atoms with E-state index in [4.69, 9.17) is 15.0 Å². The Labute approximate surface area is 310 Å². The molecule has 0 atom stereocenters. The first kappa shape index (κ1) is 32.0. The van der Waals surface area contributed by atoms with Crippen LogP contribution in [-0.2, 0) is 0 Å². The maximum atomic E-state index is 5.19. The number of aromatic nitrogens is 3. The summed E-state index contributed by atoms with van der Waals surface area (Å²) in [6.45, 7) is 2.02. The second-order valence-corrected chi connectivity index (χ2v) is 13.4. The van der Waals surface area contributed by atoms with E-state index in [0.717, 1.165) is 78.4 Å². The average Bonchev–Trinajstić information content (AvgIpc) is 3.24. The van der Waals surface area contributed by atoms with Crippen molar-refractivity contribution in [2.45, 2.75) is 6.92 Å². The van der Waals surface area contributed by atoms with E-state index in [1.807, 2.05) is 25.1 Å². The van der Waals surface area contributed by atoms with Gasteiger partial charge in [0.05, 0.1) is 17.1 Å². The monoisotopic (exact) mass is 677 g/mol. The number of benzene rings is 7. The lowest BCUT2D eigenvalue weighted by Crippen LogP contribution is -1.97. The molecule has 0 bridgehead atoms. The Hall–Kier alpha value is -6.97. The first-order valence-corrected chi connectivity index (χ1v) is 17.9. The van der Waals surface area contributed by atoms with Gasteiger partial charge in [-0.3, -0.25) is 4.98 Å². The van der Waals surface area contributed by atoms with E-state index >= 15 is 0 Å². The first-order chi connectivity index (χ1) is 26.1. The van der Waals surface area contributed by atoms with E-state index < -0.39 is 0 Å². The summed E-state index contributed by atoms with van der Waals surface area (Å²) in [5.74, 6) is 0.689. The first-order valence-electron chi connectivity index (χ1n) is 17.9. The molecule has 9 rings (SSSR count). The number of aryl methyl sites for hydroxylation is 1. The summed E-state index contributed by atoms with van der Waals surface area (Å²) in [7, 11) is 0. The van der Waals surface area contributed by atoms with Crippen LogP contribution in [0.3, 0.4) is 0 Å². The molecule has 7 aromatic carbocycles. The molecule has 9 aromatic rings. The van der Waals surface area contributed by atoms with Gasteiger partial charge in [0.1, 0.15) is 0 Å². The van der Waals surface area contributed by atoms with E-state index in [2.05, 4.69) is 176 Å². The fraction of sp³-hybridized carbons (Fsp3) is 0.0200. The van der Waals surface area contributed by atoms with E-state index in [-0.39, 0.29) is 0 Å². The minimum atomic E-state index is 0.689. The molecule has 0 aliphatic rings. The lowest BCUT2D eigenvalue weighted by atomic mass is 9.93. The molecule has 3 nitrogen and oxygen atoms in total. The van der Waals surface area contributed by atoms with Crippen molar-refractivity contribution in [3.8, 4) is 78.5 Å². The fourth-order valence-electron chi connectivity index (χ4n) is 6.94. The SMILES string of the molecule is Cc1cccc(-c2ccc(-c3ccc(-c4cc(-c5ccc6ccccc6c5)cc(-c5nc(-c6ccccc6)cc(-c6ccccc6)n5)c4)cc3)cc2)n1. The van der Waals surface area contributed by atoms with Gasteiger partial charge in [0.2, 0.25) is 0 Å². The Kier molecular flexibility index (Phi) is 8.43. The highest BCUT2D eigenvalue weighted by Crippen LogP contribution is 2.36. The normalized spacial score (nSPS) is 11.1. The van der Waals surface area contributed by atoms with Crippen LogP contribution in [0, 0.1) is 6.92 Å². The Morgan fingerprint density at radius 1 is 0.264 bits per heavy atom. The second-order valence-electron chi connectivity index (χ2n) is 13.4. The lowest BCUT2D eigenvalue weighted by molar-refractivity contribution is 1.18. The Balaban J connectivity index is 1.15. The number of fused-ring (bicyclic) bond motifs is 1. The molecule has 0 radical (unpaired) electrons. The summed E-state index contributed by atoms with van der Waals surface area (Å²) in [4.78, 5) is 15.1. The maximum absolute atomic E-state index is 5.19. The highest BCUT2D eigenvalue weighted by molar-refractivity contribution is 5.89. The van der Waals surface area contributed by atoms with Crippen LogP contribution < -0.4 is 0 Å². The average molecular weight is 678 g/mol. The number of nitrogens with zero attached hydrogens (tertiary/aromatic N) is 3. The van der Waals surface area contributed by atoms with E-state index in [1.165, 1.54) is 10.8 Å². The quantitative estimate of drug-likeness (QED) is 0.169. The molecule has 3 heteroatoms. The largest absolute Gasteiger partial charge is 0.253 e. The van der Waals surface area contributed by atoms with Crippen molar-refractivity contribution in [2.75, 3.05) is 0 Å². The van der Waals surface area contributed by atoms with Crippen LogP contribution in [0.5, 0.6) is 0 Å². The minimum Gasteiger partial charge on any atom is -0.253 e. The zero-order valence-electron chi connectivity index (χ0n) is 29.3. The summed E-state index contributed by atoms with van der Waals surface area (Å²) in [6.07, 6.45) is 0. The standard InChI is InChI=1S/C50H35N3/c1-34-11-10-18-47(51-34)41-26-23-37(24-27-41)36-19-21-38(22-20-36)44-30-45(43-28-25-35-12-8-9-17-42(35)29-43)32-46(31-44)50-52-48(39-13-4-2-5-14-39)33-49(53-50)40-15-6-3-7-16-40/h2-33H,1H3. The van der Waals surface area contributed by atoms with Gasteiger partial charge < -0.3 is 0 Å². The topological polar surface area (TPSA) is 38.7 Å². The van der Waals surface area contributed by atoms with Crippen molar-refractivity contribution in [3.63, 3.8) is 0 Å². The molecular weight excluding hydrogens is 643 g/mol. The molecule has 2 aromatic heterocycles. The van der Waals surface area contributed by atoms with Gasteiger partial charge in [-0.1, -0.05) is 152 Å². The van der Waals surface area contributed by atoms with Crippen molar-refractivity contribution in [1.82, 2.24) is 15.0 Å². The number of hydrogen-bond donors (Lipinski definition) is 0. The molecule has 250 valence electrons. The fourth-order valence-corrected chi connectivity index (χ4v) is 6.94. The molecule has 53 heavy (non-hydrogen) atoms. The zero-order chi connectivity index (χ0) is 35.6. The van der Waals surface area contributed by atoms with Crippen LogP contribution >= 0.6 is 0 Å². The van der Waals surface area contributed by atoms with Gasteiger partial charge in [-0.05, 0) is 93.5 Å². The molecule has 0 unspecified atom stereocenters. The summed E-state index contributed by atoms with van der Waals surface area (Å²) < 4.78 is 0. The zero-order valence-corrected chi connectivity index (χ0v) is 29.3. The van der Waals surface area contributed by atoms with Crippen LogP contribution in [0.25, 0.3) is 89.3 Å². The van der Waals surface area contributed by atoms with Crippen LogP contribution in [-0.4, -0.2) is 15.0 Å². The van der Waals surface area contributed by atoms with Gasteiger partial charge in [-0.2, -0.15) is 0 Å². The molecule has 0 amide bonds. The summed E-state index contributed by atoms with van der Waals surface area (Å²) in [5, 5.41) is 2.43. The van der Waals surface area contributed by atoms with Crippen molar-refractivity contribution < 1.29 is 0 Å². The molecule has 0 saturated heterocycles. The van der Waals surface area contributed by atoms with E-state index in [9.17, 15) is 0 Å². The third-order valence-corrected chi connectivity index (χ3v) is 9.76. The Morgan fingerprint density at radius 3 is 1.34 bits per heavy atom. The number of rotatable bonds is 7. The van der Waals surface area contributed by atoms with Crippen molar-refractivity contribution in [2.24, 2.45) is 0 Å². The highest BCUT2D eigenvalue weighted by Gasteiger charge is 2.14. The Morgan fingerprint density at radius 2 is 0.736 bits per heavy atom. The minimum absolute atomic E-state index is 0.689. The van der Waals surface area contributed by atoms with Crippen LogP contribution in [0.15, 0.2) is 194 Å². The molecule has 0 saturated carbocycles. The van der Waals surface area contributed by atoms with E-state index in [1.54, 1.807) is 0 Å². The van der Waals surface area contributed by atoms with Crippen LogP contribution in [0.2, 0.25) is 0 Å². The van der Waals surface area contributed by atoms with Gasteiger partial charge in [0, 0.05) is 27.9 Å². The molecule has 0 N–H and O–H groups in total. The third-order valence-electron chi connectivity index (χ3n) is 9.76. The predicted octanol–water partition coefficient (Wildman–Crippen LogP) is 13.0. The van der Waals surface area contributed by atoms with Crippen LogP contribution in [0.1, 0.15) is 5.69 Å². The molecule has 0 fully saturated rings. The van der Waals surface area contributed by atoms with Crippen molar-refractivity contribution >= 4 is 10.8 Å². The molecule has 0 aliphatic carbocycles. The lowest BCUT2D eigenvalue weighted by Gasteiger charge is -2.14. The van der Waals surface area contributed by atoms with Gasteiger partial charge in [0.15, 0.2) is 5.82 Å². The second kappa shape index (κ2) is 14.0. The number of hydrogen-bond acceptors (Lipinski definition) is 3. The maximum Gasteiger partial charge on any atom is 0.160 e.